The number of hydrogen-bond acceptors (Lipinski definition) is 3. The van der Waals surface area contributed by atoms with Gasteiger partial charge in [-0.3, -0.25) is 4.79 Å². The van der Waals surface area contributed by atoms with Crippen LogP contribution in [0.25, 0.3) is 5.69 Å². The van der Waals surface area contributed by atoms with E-state index in [0.29, 0.717) is 10.7 Å². The minimum atomic E-state index is -1.31. The summed E-state index contributed by atoms with van der Waals surface area (Å²) in [7, 11) is 0. The van der Waals surface area contributed by atoms with Gasteiger partial charge in [0.2, 0.25) is 0 Å². The first kappa shape index (κ1) is 11.9. The van der Waals surface area contributed by atoms with Crippen LogP contribution >= 0.6 is 0 Å². The Kier molecular flexibility index (Phi) is 2.88. The first-order chi connectivity index (χ1) is 8.47. The Morgan fingerprint density at radius 3 is 2.28 bits per heavy atom. The maximum Gasteiger partial charge on any atom is 0.337 e. The molecule has 92 valence electrons. The topological polar surface area (TPSA) is 72.2 Å². The van der Waals surface area contributed by atoms with Gasteiger partial charge in [-0.05, 0) is 12.1 Å². The standard InChI is InChI=1S/C11H6F2N2O3/c12-7-2-8(13)4-9(3-7)15-10(16)1-6(5-14-15)11(17)18/h1-5H,(H,17,18). The Morgan fingerprint density at radius 2 is 1.78 bits per heavy atom. The Bertz CT molecular complexity index is 662. The number of rotatable bonds is 2. The van der Waals surface area contributed by atoms with E-state index in [4.69, 9.17) is 5.11 Å². The van der Waals surface area contributed by atoms with Crippen molar-refractivity contribution in [2.75, 3.05) is 0 Å². The molecule has 1 aromatic heterocycles. The number of carboxylic acid groups (broad SMARTS) is 1. The van der Waals surface area contributed by atoms with Crippen molar-refractivity contribution in [1.29, 1.82) is 0 Å². The highest BCUT2D eigenvalue weighted by Crippen LogP contribution is 2.10. The molecule has 0 bridgehead atoms. The molecule has 2 aromatic rings. The van der Waals surface area contributed by atoms with Crippen LogP contribution in [0.4, 0.5) is 8.78 Å². The summed E-state index contributed by atoms with van der Waals surface area (Å²) in [5.41, 5.74) is -1.21. The van der Waals surface area contributed by atoms with Gasteiger partial charge in [-0.2, -0.15) is 9.78 Å². The van der Waals surface area contributed by atoms with E-state index in [1.54, 1.807) is 0 Å². The molecule has 0 saturated heterocycles. The van der Waals surface area contributed by atoms with Crippen LogP contribution in [-0.2, 0) is 0 Å². The van der Waals surface area contributed by atoms with Gasteiger partial charge in [-0.15, -0.1) is 0 Å². The molecule has 0 unspecified atom stereocenters. The maximum atomic E-state index is 13.0. The van der Waals surface area contributed by atoms with Crippen molar-refractivity contribution in [3.05, 3.63) is 58.0 Å². The van der Waals surface area contributed by atoms with E-state index in [-0.39, 0.29) is 11.3 Å². The second-order valence-electron chi connectivity index (χ2n) is 3.43. The zero-order valence-electron chi connectivity index (χ0n) is 8.80. The average molecular weight is 252 g/mol. The number of aromatic carboxylic acids is 1. The monoisotopic (exact) mass is 252 g/mol. The Morgan fingerprint density at radius 1 is 1.17 bits per heavy atom. The summed E-state index contributed by atoms with van der Waals surface area (Å²) in [5, 5.41) is 12.2. The normalized spacial score (nSPS) is 10.3. The zero-order chi connectivity index (χ0) is 13.3. The molecule has 0 aliphatic rings. The summed E-state index contributed by atoms with van der Waals surface area (Å²) in [6.45, 7) is 0. The van der Waals surface area contributed by atoms with E-state index in [2.05, 4.69) is 5.10 Å². The molecule has 0 atom stereocenters. The summed E-state index contributed by atoms with van der Waals surface area (Å²) in [5.74, 6) is -3.03. The summed E-state index contributed by atoms with van der Waals surface area (Å²) >= 11 is 0. The van der Waals surface area contributed by atoms with Crippen LogP contribution in [0.1, 0.15) is 10.4 Å². The van der Waals surface area contributed by atoms with Crippen LogP contribution in [0.3, 0.4) is 0 Å². The number of carbonyl (C=O) groups is 1. The highest BCUT2D eigenvalue weighted by molar-refractivity contribution is 5.86. The minimum absolute atomic E-state index is 0.116. The molecule has 0 aliphatic heterocycles. The van der Waals surface area contributed by atoms with Crippen molar-refractivity contribution < 1.29 is 18.7 Å². The smallest absolute Gasteiger partial charge is 0.337 e. The van der Waals surface area contributed by atoms with Crippen LogP contribution in [-0.4, -0.2) is 20.9 Å². The molecule has 1 N–H and O–H groups in total. The summed E-state index contributed by atoms with van der Waals surface area (Å²) in [6.07, 6.45) is 0.923. The second kappa shape index (κ2) is 4.36. The number of nitrogens with zero attached hydrogens (tertiary/aromatic N) is 2. The van der Waals surface area contributed by atoms with Crippen LogP contribution in [0.2, 0.25) is 0 Å². The lowest BCUT2D eigenvalue weighted by Crippen LogP contribution is -2.22. The van der Waals surface area contributed by atoms with Gasteiger partial charge in [0, 0.05) is 12.1 Å². The summed E-state index contributed by atoms with van der Waals surface area (Å²) < 4.78 is 26.7. The van der Waals surface area contributed by atoms with E-state index in [1.807, 2.05) is 0 Å². The number of carboxylic acids is 1. The third-order valence-corrected chi connectivity index (χ3v) is 2.14. The average Bonchev–Trinajstić information content (AvgIpc) is 2.27. The molecular weight excluding hydrogens is 246 g/mol. The van der Waals surface area contributed by atoms with Gasteiger partial charge in [0.25, 0.3) is 5.56 Å². The fraction of sp³-hybridized carbons (Fsp3) is 0. The quantitative estimate of drug-likeness (QED) is 0.871. The number of aromatic nitrogens is 2. The molecule has 2 rings (SSSR count). The van der Waals surface area contributed by atoms with Gasteiger partial charge in [0.05, 0.1) is 17.4 Å². The minimum Gasteiger partial charge on any atom is -0.478 e. The molecule has 1 aromatic carbocycles. The lowest BCUT2D eigenvalue weighted by molar-refractivity contribution is 0.0696. The van der Waals surface area contributed by atoms with Crippen molar-refractivity contribution in [2.45, 2.75) is 0 Å². The molecule has 0 amide bonds. The number of hydrogen-bond donors (Lipinski definition) is 1. The molecule has 5 nitrogen and oxygen atoms in total. The Hall–Kier alpha value is -2.57. The third-order valence-electron chi connectivity index (χ3n) is 2.14. The van der Waals surface area contributed by atoms with E-state index >= 15 is 0 Å². The lowest BCUT2D eigenvalue weighted by atomic mass is 10.3. The van der Waals surface area contributed by atoms with Gasteiger partial charge in [0.1, 0.15) is 11.6 Å². The van der Waals surface area contributed by atoms with E-state index in [0.717, 1.165) is 24.4 Å². The SMILES string of the molecule is O=C(O)c1cnn(-c2cc(F)cc(F)c2)c(=O)c1. The summed E-state index contributed by atoms with van der Waals surface area (Å²) in [6, 6.07) is 3.30. The Balaban J connectivity index is 2.58. The van der Waals surface area contributed by atoms with Crippen molar-refractivity contribution in [3.8, 4) is 5.69 Å². The van der Waals surface area contributed by atoms with Crippen molar-refractivity contribution >= 4 is 5.97 Å². The molecule has 7 heteroatoms. The second-order valence-corrected chi connectivity index (χ2v) is 3.43. The van der Waals surface area contributed by atoms with Crippen molar-refractivity contribution in [3.63, 3.8) is 0 Å². The van der Waals surface area contributed by atoms with Gasteiger partial charge in [0.15, 0.2) is 0 Å². The number of benzene rings is 1. The highest BCUT2D eigenvalue weighted by Gasteiger charge is 2.09. The largest absolute Gasteiger partial charge is 0.478 e. The fourth-order valence-electron chi connectivity index (χ4n) is 1.38. The molecule has 0 radical (unpaired) electrons. The van der Waals surface area contributed by atoms with E-state index in [1.165, 1.54) is 0 Å². The van der Waals surface area contributed by atoms with Crippen LogP contribution in [0.5, 0.6) is 0 Å². The van der Waals surface area contributed by atoms with Gasteiger partial charge < -0.3 is 5.11 Å². The maximum absolute atomic E-state index is 13.0. The predicted octanol–water partition coefficient (Wildman–Crippen LogP) is 1.21. The zero-order valence-corrected chi connectivity index (χ0v) is 8.80. The molecule has 0 aliphatic carbocycles. The van der Waals surface area contributed by atoms with Crippen LogP contribution in [0, 0.1) is 11.6 Å². The first-order valence-corrected chi connectivity index (χ1v) is 4.76. The van der Waals surface area contributed by atoms with E-state index in [9.17, 15) is 18.4 Å². The van der Waals surface area contributed by atoms with Crippen molar-refractivity contribution in [1.82, 2.24) is 9.78 Å². The fourth-order valence-corrected chi connectivity index (χ4v) is 1.38. The van der Waals surface area contributed by atoms with Gasteiger partial charge in [-0.1, -0.05) is 0 Å². The molecular formula is C11H6F2N2O3. The third kappa shape index (κ3) is 2.24. The van der Waals surface area contributed by atoms with Crippen LogP contribution < -0.4 is 5.56 Å². The molecule has 0 spiro atoms. The lowest BCUT2D eigenvalue weighted by Gasteiger charge is -2.04. The van der Waals surface area contributed by atoms with Gasteiger partial charge >= 0.3 is 5.97 Å². The molecule has 18 heavy (non-hydrogen) atoms. The molecule has 1 heterocycles. The molecule has 0 fully saturated rings. The first-order valence-electron chi connectivity index (χ1n) is 4.76. The number of halogens is 2. The Labute approximate surface area is 98.9 Å². The summed E-state index contributed by atoms with van der Waals surface area (Å²) in [4.78, 5) is 22.2. The predicted molar refractivity (Wildman–Crippen MR) is 56.7 cm³/mol. The highest BCUT2D eigenvalue weighted by atomic mass is 19.1. The van der Waals surface area contributed by atoms with Crippen molar-refractivity contribution in [2.24, 2.45) is 0 Å². The van der Waals surface area contributed by atoms with E-state index < -0.39 is 23.2 Å². The van der Waals surface area contributed by atoms with Crippen LogP contribution in [0.15, 0.2) is 35.3 Å². The van der Waals surface area contributed by atoms with Gasteiger partial charge in [-0.25, -0.2) is 13.6 Å². The molecule has 0 saturated carbocycles.